The maximum absolute atomic E-state index is 13.3. The zero-order chi connectivity index (χ0) is 19.2. The van der Waals surface area contributed by atoms with Gasteiger partial charge in [-0.1, -0.05) is 41.9 Å². The molecule has 2 aromatic carbocycles. The van der Waals surface area contributed by atoms with E-state index in [-0.39, 0.29) is 18.0 Å². The Morgan fingerprint density at radius 3 is 2.67 bits per heavy atom. The van der Waals surface area contributed by atoms with Crippen LogP contribution in [0.4, 0.5) is 0 Å². The summed E-state index contributed by atoms with van der Waals surface area (Å²) in [4.78, 5) is 15.2. The molecule has 2 atom stereocenters. The summed E-state index contributed by atoms with van der Waals surface area (Å²) < 4.78 is 5.97. The molecule has 27 heavy (non-hydrogen) atoms. The van der Waals surface area contributed by atoms with Crippen LogP contribution in [-0.4, -0.2) is 29.4 Å². The molecule has 0 unspecified atom stereocenters. The molecule has 3 rings (SSSR count). The number of halogens is 1. The van der Waals surface area contributed by atoms with E-state index in [1.165, 1.54) is 0 Å². The van der Waals surface area contributed by atoms with Crippen LogP contribution in [-0.2, 0) is 6.61 Å². The zero-order valence-electron chi connectivity index (χ0n) is 15.7. The van der Waals surface area contributed by atoms with Crippen molar-refractivity contribution in [2.75, 3.05) is 6.54 Å². The average molecular weight is 387 g/mol. The number of carbonyl (C=O) groups is 1. The third kappa shape index (κ3) is 4.82. The molecule has 0 spiro atoms. The van der Waals surface area contributed by atoms with Gasteiger partial charge in [-0.2, -0.15) is 0 Å². The van der Waals surface area contributed by atoms with Crippen molar-refractivity contribution in [2.24, 2.45) is 5.73 Å². The number of amides is 1. The average Bonchev–Trinajstić information content (AvgIpc) is 2.68. The van der Waals surface area contributed by atoms with Gasteiger partial charge in [0.1, 0.15) is 12.4 Å². The number of hydrogen-bond donors (Lipinski definition) is 1. The van der Waals surface area contributed by atoms with Gasteiger partial charge in [0.15, 0.2) is 0 Å². The molecule has 144 valence electrons. The van der Waals surface area contributed by atoms with Crippen molar-refractivity contribution in [3.8, 4) is 5.75 Å². The quantitative estimate of drug-likeness (QED) is 0.786. The van der Waals surface area contributed by atoms with E-state index in [4.69, 9.17) is 22.1 Å². The SMILES string of the molecule is CCN(C(=O)c1ccccc1OCc1ccccc1Cl)[C@H]1CCC[C@@H](N)C1. The molecule has 1 aliphatic carbocycles. The molecule has 0 aliphatic heterocycles. The largest absolute Gasteiger partial charge is 0.488 e. The Bertz CT molecular complexity index is 780. The standard InChI is InChI=1S/C22H27ClN2O2/c1-2-25(18-10-7-9-17(24)14-18)22(26)19-11-4-6-13-21(19)27-15-16-8-3-5-12-20(16)23/h3-6,8,11-13,17-18H,2,7,9-10,14-15,24H2,1H3/t17-,18+/m1/s1. The van der Waals surface area contributed by atoms with Crippen LogP contribution in [0.15, 0.2) is 48.5 Å². The van der Waals surface area contributed by atoms with Gasteiger partial charge in [-0.25, -0.2) is 0 Å². The highest BCUT2D eigenvalue weighted by Crippen LogP contribution is 2.27. The van der Waals surface area contributed by atoms with Gasteiger partial charge >= 0.3 is 0 Å². The minimum atomic E-state index is 0.00589. The smallest absolute Gasteiger partial charge is 0.257 e. The van der Waals surface area contributed by atoms with Gasteiger partial charge in [0.2, 0.25) is 0 Å². The lowest BCUT2D eigenvalue weighted by Gasteiger charge is -2.36. The molecule has 0 radical (unpaired) electrons. The van der Waals surface area contributed by atoms with Crippen LogP contribution in [0.2, 0.25) is 5.02 Å². The van der Waals surface area contributed by atoms with Crippen LogP contribution in [0.1, 0.15) is 48.5 Å². The third-order valence-electron chi connectivity index (χ3n) is 5.19. The van der Waals surface area contributed by atoms with Gasteiger partial charge in [0.25, 0.3) is 5.91 Å². The number of nitrogens with two attached hydrogens (primary N) is 1. The summed E-state index contributed by atoms with van der Waals surface area (Å²) in [5, 5.41) is 0.660. The number of carbonyl (C=O) groups excluding carboxylic acids is 1. The first-order valence-electron chi connectivity index (χ1n) is 9.62. The summed E-state index contributed by atoms with van der Waals surface area (Å²) in [7, 11) is 0. The van der Waals surface area contributed by atoms with Crippen molar-refractivity contribution in [2.45, 2.75) is 51.3 Å². The molecule has 1 amide bonds. The topological polar surface area (TPSA) is 55.6 Å². The molecule has 1 saturated carbocycles. The molecule has 1 fully saturated rings. The number of para-hydroxylation sites is 1. The second kappa shape index (κ2) is 9.25. The lowest BCUT2D eigenvalue weighted by Crippen LogP contribution is -2.45. The number of ether oxygens (including phenoxy) is 1. The van der Waals surface area contributed by atoms with Crippen LogP contribution < -0.4 is 10.5 Å². The Morgan fingerprint density at radius 1 is 1.19 bits per heavy atom. The van der Waals surface area contributed by atoms with Crippen LogP contribution in [0.3, 0.4) is 0 Å². The number of nitrogens with zero attached hydrogens (tertiary/aromatic N) is 1. The van der Waals surface area contributed by atoms with Crippen LogP contribution >= 0.6 is 11.6 Å². The second-order valence-corrected chi connectivity index (χ2v) is 7.46. The lowest BCUT2D eigenvalue weighted by atomic mass is 9.90. The Labute approximate surface area is 166 Å². The minimum Gasteiger partial charge on any atom is -0.488 e. The van der Waals surface area contributed by atoms with E-state index in [1.807, 2.05) is 60.4 Å². The highest BCUT2D eigenvalue weighted by Gasteiger charge is 2.29. The van der Waals surface area contributed by atoms with E-state index in [9.17, 15) is 4.79 Å². The van der Waals surface area contributed by atoms with Crippen molar-refractivity contribution in [1.29, 1.82) is 0 Å². The molecule has 0 heterocycles. The molecule has 2 N–H and O–H groups in total. The summed E-state index contributed by atoms with van der Waals surface area (Å²) in [6.07, 6.45) is 3.98. The van der Waals surface area contributed by atoms with E-state index >= 15 is 0 Å². The van der Waals surface area contributed by atoms with Gasteiger partial charge in [0, 0.05) is 29.2 Å². The van der Waals surface area contributed by atoms with Gasteiger partial charge in [-0.15, -0.1) is 0 Å². The molecule has 5 heteroatoms. The molecular weight excluding hydrogens is 360 g/mol. The number of hydrogen-bond acceptors (Lipinski definition) is 3. The van der Waals surface area contributed by atoms with Crippen molar-refractivity contribution in [3.05, 3.63) is 64.7 Å². The lowest BCUT2D eigenvalue weighted by molar-refractivity contribution is 0.0633. The maximum atomic E-state index is 13.3. The zero-order valence-corrected chi connectivity index (χ0v) is 16.5. The first-order chi connectivity index (χ1) is 13.1. The van der Waals surface area contributed by atoms with Crippen molar-refractivity contribution in [1.82, 2.24) is 4.90 Å². The summed E-state index contributed by atoms with van der Waals surface area (Å²) >= 11 is 6.21. The van der Waals surface area contributed by atoms with Crippen LogP contribution in [0, 0.1) is 0 Å². The van der Waals surface area contributed by atoms with E-state index in [0.29, 0.717) is 29.5 Å². The summed E-state index contributed by atoms with van der Waals surface area (Å²) in [6.45, 7) is 3.00. The van der Waals surface area contributed by atoms with Crippen LogP contribution in [0.25, 0.3) is 0 Å². The highest BCUT2D eigenvalue weighted by atomic mass is 35.5. The Kier molecular flexibility index (Phi) is 6.75. The fraction of sp³-hybridized carbons (Fsp3) is 0.409. The first kappa shape index (κ1) is 19.7. The fourth-order valence-corrected chi connectivity index (χ4v) is 3.94. The number of benzene rings is 2. The van der Waals surface area contributed by atoms with Crippen molar-refractivity contribution < 1.29 is 9.53 Å². The highest BCUT2D eigenvalue weighted by molar-refractivity contribution is 6.31. The van der Waals surface area contributed by atoms with E-state index < -0.39 is 0 Å². The van der Waals surface area contributed by atoms with E-state index in [1.54, 1.807) is 0 Å². The predicted octanol–water partition coefficient (Wildman–Crippen LogP) is 4.65. The summed E-state index contributed by atoms with van der Waals surface area (Å²) in [6, 6.07) is 15.4. The van der Waals surface area contributed by atoms with Gasteiger partial charge in [-0.3, -0.25) is 4.79 Å². The van der Waals surface area contributed by atoms with Crippen molar-refractivity contribution in [3.63, 3.8) is 0 Å². The Hall–Kier alpha value is -2.04. The van der Waals surface area contributed by atoms with E-state index in [0.717, 1.165) is 31.2 Å². The molecule has 0 saturated heterocycles. The first-order valence-corrected chi connectivity index (χ1v) is 9.99. The third-order valence-corrected chi connectivity index (χ3v) is 5.56. The monoisotopic (exact) mass is 386 g/mol. The minimum absolute atomic E-state index is 0.00589. The Morgan fingerprint density at radius 2 is 1.93 bits per heavy atom. The van der Waals surface area contributed by atoms with Crippen LogP contribution in [0.5, 0.6) is 5.75 Å². The van der Waals surface area contributed by atoms with E-state index in [2.05, 4.69) is 0 Å². The Balaban J connectivity index is 1.77. The molecule has 4 nitrogen and oxygen atoms in total. The fourth-order valence-electron chi connectivity index (χ4n) is 3.75. The number of rotatable bonds is 6. The molecular formula is C22H27ClN2O2. The normalized spacial score (nSPS) is 19.5. The molecule has 0 bridgehead atoms. The summed E-state index contributed by atoms with van der Waals surface area (Å²) in [5.74, 6) is 0.590. The molecule has 1 aliphatic rings. The summed E-state index contributed by atoms with van der Waals surface area (Å²) in [5.41, 5.74) is 7.62. The maximum Gasteiger partial charge on any atom is 0.257 e. The predicted molar refractivity (Wildman–Crippen MR) is 109 cm³/mol. The molecule has 2 aromatic rings. The van der Waals surface area contributed by atoms with Crippen molar-refractivity contribution >= 4 is 17.5 Å². The van der Waals surface area contributed by atoms with Gasteiger partial charge in [-0.05, 0) is 50.8 Å². The molecule has 0 aromatic heterocycles. The van der Waals surface area contributed by atoms with Gasteiger partial charge in [0.05, 0.1) is 5.56 Å². The second-order valence-electron chi connectivity index (χ2n) is 7.05. The van der Waals surface area contributed by atoms with Gasteiger partial charge < -0.3 is 15.4 Å².